The summed E-state index contributed by atoms with van der Waals surface area (Å²) in [5.74, 6) is -0.0985. The van der Waals surface area contributed by atoms with Gasteiger partial charge >= 0.3 is 6.09 Å². The number of rotatable bonds is 2. The number of hydrogen-bond donors (Lipinski definition) is 1. The molecule has 0 aromatic heterocycles. The highest BCUT2D eigenvalue weighted by Gasteiger charge is 2.23. The Balaban J connectivity index is 2.07. The maximum atomic E-state index is 12.1. The first-order valence-corrected chi connectivity index (χ1v) is 7.79. The molecule has 5 heteroatoms. The lowest BCUT2D eigenvalue weighted by Gasteiger charge is -2.29. The van der Waals surface area contributed by atoms with Gasteiger partial charge in [-0.3, -0.25) is 4.79 Å². The molecule has 0 atom stereocenters. The van der Waals surface area contributed by atoms with Gasteiger partial charge in [-0.15, -0.1) is 0 Å². The van der Waals surface area contributed by atoms with E-state index in [1.54, 1.807) is 18.0 Å². The fourth-order valence-corrected chi connectivity index (χ4v) is 2.43. The molecule has 5 nitrogen and oxygen atoms in total. The molecule has 1 aromatic rings. The number of nitrogens with zero attached hydrogens (tertiary/aromatic N) is 1. The molecule has 0 saturated heterocycles. The Kier molecular flexibility index (Phi) is 5.08. The molecule has 0 radical (unpaired) electrons. The number of carbonyl (C=O) groups is 2. The Morgan fingerprint density at radius 1 is 1.26 bits per heavy atom. The minimum atomic E-state index is -0.483. The Bertz CT molecular complexity index is 629. The molecule has 0 unspecified atom stereocenters. The van der Waals surface area contributed by atoms with E-state index in [0.717, 1.165) is 17.6 Å². The summed E-state index contributed by atoms with van der Waals surface area (Å²) in [5.41, 5.74) is 2.33. The molecule has 1 aromatic carbocycles. The van der Waals surface area contributed by atoms with Gasteiger partial charge in [0.05, 0.1) is 0 Å². The van der Waals surface area contributed by atoms with Crippen molar-refractivity contribution in [2.24, 2.45) is 0 Å². The van der Waals surface area contributed by atoms with E-state index in [9.17, 15) is 9.59 Å². The lowest BCUT2D eigenvalue weighted by atomic mass is 9.98. The van der Waals surface area contributed by atoms with Crippen molar-refractivity contribution in [2.75, 3.05) is 20.1 Å². The number of benzene rings is 1. The van der Waals surface area contributed by atoms with Crippen LogP contribution in [0.25, 0.3) is 5.57 Å². The number of amides is 2. The minimum Gasteiger partial charge on any atom is -0.444 e. The van der Waals surface area contributed by atoms with Gasteiger partial charge in [0.25, 0.3) is 5.91 Å². The first-order valence-electron chi connectivity index (χ1n) is 7.79. The third kappa shape index (κ3) is 4.58. The molecular weight excluding hydrogens is 292 g/mol. The second-order valence-corrected chi connectivity index (χ2v) is 6.57. The third-order valence-corrected chi connectivity index (χ3v) is 3.58. The molecule has 1 aliphatic rings. The predicted octanol–water partition coefficient (Wildman–Crippen LogP) is 3.07. The van der Waals surface area contributed by atoms with Crippen molar-refractivity contribution >= 4 is 17.6 Å². The van der Waals surface area contributed by atoms with E-state index in [1.165, 1.54) is 0 Å². The van der Waals surface area contributed by atoms with Gasteiger partial charge in [0.1, 0.15) is 5.60 Å². The Morgan fingerprint density at radius 3 is 2.57 bits per heavy atom. The molecule has 1 aliphatic heterocycles. The molecule has 0 saturated carbocycles. The molecule has 1 heterocycles. The van der Waals surface area contributed by atoms with Gasteiger partial charge in [0.2, 0.25) is 0 Å². The fourth-order valence-electron chi connectivity index (χ4n) is 2.43. The van der Waals surface area contributed by atoms with E-state index in [0.29, 0.717) is 18.7 Å². The Hall–Kier alpha value is -2.30. The van der Waals surface area contributed by atoms with E-state index in [4.69, 9.17) is 4.74 Å². The van der Waals surface area contributed by atoms with Crippen LogP contribution in [0.3, 0.4) is 0 Å². The maximum absolute atomic E-state index is 12.1. The van der Waals surface area contributed by atoms with Crippen molar-refractivity contribution < 1.29 is 14.3 Å². The van der Waals surface area contributed by atoms with Crippen LogP contribution < -0.4 is 5.32 Å². The first-order chi connectivity index (χ1) is 10.8. The summed E-state index contributed by atoms with van der Waals surface area (Å²) in [5, 5.41) is 2.63. The summed E-state index contributed by atoms with van der Waals surface area (Å²) >= 11 is 0. The van der Waals surface area contributed by atoms with Crippen molar-refractivity contribution in [1.29, 1.82) is 0 Å². The minimum absolute atomic E-state index is 0.0985. The summed E-state index contributed by atoms with van der Waals surface area (Å²) in [6, 6.07) is 7.54. The van der Waals surface area contributed by atoms with Gasteiger partial charge < -0.3 is 15.0 Å². The first kappa shape index (κ1) is 17.1. The summed E-state index contributed by atoms with van der Waals surface area (Å²) in [4.78, 5) is 25.5. The van der Waals surface area contributed by atoms with Gasteiger partial charge in [-0.25, -0.2) is 4.79 Å². The van der Waals surface area contributed by atoms with Crippen molar-refractivity contribution in [3.8, 4) is 0 Å². The van der Waals surface area contributed by atoms with Gasteiger partial charge in [0.15, 0.2) is 0 Å². The van der Waals surface area contributed by atoms with E-state index in [2.05, 4.69) is 5.32 Å². The van der Waals surface area contributed by atoms with Crippen molar-refractivity contribution in [1.82, 2.24) is 10.2 Å². The topological polar surface area (TPSA) is 58.6 Å². The monoisotopic (exact) mass is 316 g/mol. The number of hydrogen-bond acceptors (Lipinski definition) is 3. The van der Waals surface area contributed by atoms with Crippen LogP contribution >= 0.6 is 0 Å². The average Bonchev–Trinajstić information content (AvgIpc) is 2.53. The van der Waals surface area contributed by atoms with E-state index in [-0.39, 0.29) is 12.0 Å². The zero-order valence-electron chi connectivity index (χ0n) is 14.2. The zero-order chi connectivity index (χ0) is 17.0. The van der Waals surface area contributed by atoms with Gasteiger partial charge in [0, 0.05) is 25.7 Å². The van der Waals surface area contributed by atoms with Gasteiger partial charge in [-0.05, 0) is 50.5 Å². The van der Waals surface area contributed by atoms with Crippen LogP contribution in [-0.4, -0.2) is 42.6 Å². The lowest BCUT2D eigenvalue weighted by Crippen LogP contribution is -2.39. The van der Waals surface area contributed by atoms with E-state index in [1.807, 2.05) is 45.0 Å². The second kappa shape index (κ2) is 6.86. The molecular formula is C18H24N2O3. The summed E-state index contributed by atoms with van der Waals surface area (Å²) in [6.07, 6.45) is 2.49. The number of carbonyl (C=O) groups excluding carboxylic acids is 2. The SMILES string of the molecule is CNC(=O)c1cccc(C2=CCN(C(=O)OC(C)(C)C)CC2)c1. The van der Waals surface area contributed by atoms with Crippen LogP contribution in [0.5, 0.6) is 0 Å². The smallest absolute Gasteiger partial charge is 0.410 e. The van der Waals surface area contributed by atoms with Crippen LogP contribution in [0.4, 0.5) is 4.79 Å². The highest BCUT2D eigenvalue weighted by molar-refractivity contribution is 5.94. The molecule has 124 valence electrons. The quantitative estimate of drug-likeness (QED) is 0.912. The Morgan fingerprint density at radius 2 is 2.00 bits per heavy atom. The standard InChI is InChI=1S/C18H24N2O3/c1-18(2,3)23-17(22)20-10-8-13(9-11-20)14-6-5-7-15(12-14)16(21)19-4/h5-8,12H,9-11H2,1-4H3,(H,19,21). The van der Waals surface area contributed by atoms with Crippen LogP contribution in [0, 0.1) is 0 Å². The third-order valence-electron chi connectivity index (χ3n) is 3.58. The van der Waals surface area contributed by atoms with Crippen LogP contribution in [0.2, 0.25) is 0 Å². The molecule has 0 spiro atoms. The highest BCUT2D eigenvalue weighted by atomic mass is 16.6. The average molecular weight is 316 g/mol. The molecule has 0 fully saturated rings. The summed E-state index contributed by atoms with van der Waals surface area (Å²) in [7, 11) is 1.62. The van der Waals surface area contributed by atoms with Crippen molar-refractivity contribution in [3.05, 3.63) is 41.5 Å². The number of ether oxygens (including phenoxy) is 1. The number of nitrogens with one attached hydrogen (secondary N) is 1. The molecule has 2 rings (SSSR count). The van der Waals surface area contributed by atoms with Gasteiger partial charge in [-0.2, -0.15) is 0 Å². The largest absolute Gasteiger partial charge is 0.444 e. The molecule has 0 bridgehead atoms. The molecule has 1 N–H and O–H groups in total. The normalized spacial score (nSPS) is 15.0. The zero-order valence-corrected chi connectivity index (χ0v) is 14.2. The molecule has 23 heavy (non-hydrogen) atoms. The van der Waals surface area contributed by atoms with Crippen molar-refractivity contribution in [3.63, 3.8) is 0 Å². The van der Waals surface area contributed by atoms with Crippen LogP contribution in [0.15, 0.2) is 30.3 Å². The van der Waals surface area contributed by atoms with E-state index < -0.39 is 5.60 Å². The highest BCUT2D eigenvalue weighted by Crippen LogP contribution is 2.24. The fraction of sp³-hybridized carbons (Fsp3) is 0.444. The summed E-state index contributed by atoms with van der Waals surface area (Å²) < 4.78 is 5.39. The lowest BCUT2D eigenvalue weighted by molar-refractivity contribution is 0.0270. The predicted molar refractivity (Wildman–Crippen MR) is 90.2 cm³/mol. The molecule has 2 amide bonds. The van der Waals surface area contributed by atoms with Crippen LogP contribution in [-0.2, 0) is 4.74 Å². The van der Waals surface area contributed by atoms with Crippen LogP contribution in [0.1, 0.15) is 43.1 Å². The molecule has 0 aliphatic carbocycles. The van der Waals surface area contributed by atoms with Gasteiger partial charge in [-0.1, -0.05) is 18.2 Å². The van der Waals surface area contributed by atoms with E-state index >= 15 is 0 Å². The summed E-state index contributed by atoms with van der Waals surface area (Å²) in [6.45, 7) is 6.72. The van der Waals surface area contributed by atoms with Crippen molar-refractivity contribution in [2.45, 2.75) is 32.8 Å². The maximum Gasteiger partial charge on any atom is 0.410 e. The Labute approximate surface area is 137 Å². The second-order valence-electron chi connectivity index (χ2n) is 6.57.